The fourth-order valence-corrected chi connectivity index (χ4v) is 3.51. The Morgan fingerprint density at radius 1 is 1.41 bits per heavy atom. The van der Waals surface area contributed by atoms with Gasteiger partial charge in [-0.3, -0.25) is 4.79 Å². The number of carbonyl (C=O) groups excluding carboxylic acids is 1. The van der Waals surface area contributed by atoms with E-state index in [1.807, 2.05) is 20.8 Å². The Hall–Kier alpha value is -1.17. The summed E-state index contributed by atoms with van der Waals surface area (Å²) < 4.78 is 11.7. The molecule has 2 unspecified atom stereocenters. The van der Waals surface area contributed by atoms with Crippen molar-refractivity contribution in [2.75, 3.05) is 13.2 Å². The van der Waals surface area contributed by atoms with Gasteiger partial charge in [0.25, 0.3) is 0 Å². The maximum absolute atomic E-state index is 11.5. The molecule has 0 aromatic rings. The Kier molecular flexibility index (Phi) is 10.3. The summed E-state index contributed by atoms with van der Waals surface area (Å²) in [5.74, 6) is -0.0954. The SMILES string of the molecule is CC(=O)O[C@@H]1CC/C(=C\CO)CO[C@@]1(C)CCCC(C)C(O)CC=C(C)C. The molecular formula is C22H38O5. The molecule has 1 heterocycles. The summed E-state index contributed by atoms with van der Waals surface area (Å²) in [7, 11) is 0. The Balaban J connectivity index is 2.67. The van der Waals surface area contributed by atoms with Gasteiger partial charge >= 0.3 is 5.97 Å². The summed E-state index contributed by atoms with van der Waals surface area (Å²) in [4.78, 5) is 11.5. The summed E-state index contributed by atoms with van der Waals surface area (Å²) in [5, 5.41) is 19.4. The van der Waals surface area contributed by atoms with Crippen LogP contribution in [0.3, 0.4) is 0 Å². The van der Waals surface area contributed by atoms with Crippen LogP contribution in [0, 0.1) is 5.92 Å². The number of aliphatic hydroxyl groups is 2. The van der Waals surface area contributed by atoms with Gasteiger partial charge in [-0.25, -0.2) is 0 Å². The van der Waals surface area contributed by atoms with Crippen LogP contribution in [-0.4, -0.2) is 47.2 Å². The van der Waals surface area contributed by atoms with Crippen molar-refractivity contribution in [2.45, 2.75) is 91.0 Å². The Bertz CT molecular complexity index is 521. The molecule has 156 valence electrons. The molecule has 27 heavy (non-hydrogen) atoms. The highest BCUT2D eigenvalue weighted by atomic mass is 16.6. The lowest BCUT2D eigenvalue weighted by atomic mass is 9.87. The van der Waals surface area contributed by atoms with Gasteiger partial charge in [-0.2, -0.15) is 0 Å². The molecule has 1 rings (SSSR count). The van der Waals surface area contributed by atoms with Crippen LogP contribution in [0.5, 0.6) is 0 Å². The minimum atomic E-state index is -0.554. The number of esters is 1. The van der Waals surface area contributed by atoms with E-state index >= 15 is 0 Å². The normalized spacial score (nSPS) is 26.9. The predicted octanol–water partition coefficient (Wildman–Crippen LogP) is 3.93. The summed E-state index contributed by atoms with van der Waals surface area (Å²) in [6.07, 6.45) is 7.88. The second-order valence-electron chi connectivity index (χ2n) is 8.24. The second kappa shape index (κ2) is 11.6. The van der Waals surface area contributed by atoms with Gasteiger partial charge < -0.3 is 19.7 Å². The van der Waals surface area contributed by atoms with Crippen molar-refractivity contribution in [3.8, 4) is 0 Å². The molecule has 5 nitrogen and oxygen atoms in total. The van der Waals surface area contributed by atoms with Crippen LogP contribution in [0.4, 0.5) is 0 Å². The molecule has 2 N–H and O–H groups in total. The van der Waals surface area contributed by atoms with Gasteiger partial charge in [0.2, 0.25) is 0 Å². The zero-order valence-electron chi connectivity index (χ0n) is 17.7. The van der Waals surface area contributed by atoms with E-state index in [1.54, 1.807) is 6.08 Å². The van der Waals surface area contributed by atoms with E-state index in [-0.39, 0.29) is 30.7 Å². The van der Waals surface area contributed by atoms with Crippen molar-refractivity contribution in [3.05, 3.63) is 23.3 Å². The maximum atomic E-state index is 11.5. The van der Waals surface area contributed by atoms with Crippen LogP contribution in [0.2, 0.25) is 0 Å². The van der Waals surface area contributed by atoms with E-state index in [4.69, 9.17) is 14.6 Å². The predicted molar refractivity (Wildman–Crippen MR) is 107 cm³/mol. The lowest BCUT2D eigenvalue weighted by molar-refractivity contribution is -0.167. The lowest BCUT2D eigenvalue weighted by Crippen LogP contribution is -2.43. The van der Waals surface area contributed by atoms with Gasteiger partial charge in [-0.05, 0) is 64.4 Å². The fourth-order valence-electron chi connectivity index (χ4n) is 3.51. The molecule has 1 fully saturated rings. The first-order chi connectivity index (χ1) is 12.7. The van der Waals surface area contributed by atoms with Gasteiger partial charge in [-0.1, -0.05) is 31.1 Å². The molecule has 0 aliphatic carbocycles. The number of allylic oxidation sites excluding steroid dienone is 1. The first kappa shape index (κ1) is 23.9. The minimum Gasteiger partial charge on any atom is -0.459 e. The van der Waals surface area contributed by atoms with E-state index in [1.165, 1.54) is 12.5 Å². The number of aliphatic hydroxyl groups excluding tert-OH is 2. The van der Waals surface area contributed by atoms with Crippen LogP contribution >= 0.6 is 0 Å². The molecule has 0 aromatic heterocycles. The molecule has 0 amide bonds. The quantitative estimate of drug-likeness (QED) is 0.467. The van der Waals surface area contributed by atoms with Crippen LogP contribution in [-0.2, 0) is 14.3 Å². The van der Waals surface area contributed by atoms with Gasteiger partial charge in [0.15, 0.2) is 0 Å². The van der Waals surface area contributed by atoms with Crippen molar-refractivity contribution >= 4 is 5.97 Å². The van der Waals surface area contributed by atoms with Crippen molar-refractivity contribution in [1.82, 2.24) is 0 Å². The standard InChI is InChI=1S/C22H38O5/c1-16(2)8-10-20(25)17(3)7-6-13-22(5)21(27-18(4)24)11-9-19(12-14-23)15-26-22/h8,12,17,20-21,23,25H,6-7,9-11,13-15H2,1-5H3/b19-12+/t17?,20?,21-,22+/m1/s1. The average Bonchev–Trinajstić information content (AvgIpc) is 2.73. The molecule has 1 aliphatic rings. The molecule has 0 saturated carbocycles. The van der Waals surface area contributed by atoms with E-state index in [0.717, 1.165) is 31.3 Å². The lowest BCUT2D eigenvalue weighted by Gasteiger charge is -2.35. The van der Waals surface area contributed by atoms with E-state index in [9.17, 15) is 9.90 Å². The van der Waals surface area contributed by atoms with Crippen LogP contribution in [0.25, 0.3) is 0 Å². The first-order valence-electron chi connectivity index (χ1n) is 10.1. The Labute approximate surface area is 164 Å². The average molecular weight is 383 g/mol. The monoisotopic (exact) mass is 382 g/mol. The highest BCUT2D eigenvalue weighted by Gasteiger charge is 2.39. The summed E-state index contributed by atoms with van der Waals surface area (Å²) >= 11 is 0. The molecule has 1 saturated heterocycles. The number of hydrogen-bond acceptors (Lipinski definition) is 5. The van der Waals surface area contributed by atoms with Gasteiger partial charge in [-0.15, -0.1) is 0 Å². The second-order valence-corrected chi connectivity index (χ2v) is 8.24. The number of rotatable bonds is 9. The van der Waals surface area contributed by atoms with Crippen molar-refractivity contribution in [3.63, 3.8) is 0 Å². The zero-order chi connectivity index (χ0) is 20.4. The molecule has 0 bridgehead atoms. The van der Waals surface area contributed by atoms with E-state index in [0.29, 0.717) is 19.4 Å². The molecule has 0 aromatic carbocycles. The summed E-state index contributed by atoms with van der Waals surface area (Å²) in [5.41, 5.74) is 1.71. The molecule has 0 spiro atoms. The molecule has 0 radical (unpaired) electrons. The largest absolute Gasteiger partial charge is 0.459 e. The number of carbonyl (C=O) groups is 1. The topological polar surface area (TPSA) is 76.0 Å². The summed E-state index contributed by atoms with van der Waals surface area (Å²) in [6, 6.07) is 0. The van der Waals surface area contributed by atoms with Crippen LogP contribution < -0.4 is 0 Å². The smallest absolute Gasteiger partial charge is 0.303 e. The number of ether oxygens (including phenoxy) is 2. The third kappa shape index (κ3) is 8.58. The molecule has 4 atom stereocenters. The molecular weight excluding hydrogens is 344 g/mol. The van der Waals surface area contributed by atoms with E-state index < -0.39 is 5.60 Å². The Morgan fingerprint density at radius 2 is 2.11 bits per heavy atom. The van der Waals surface area contributed by atoms with Gasteiger partial charge in [0.05, 0.1) is 19.3 Å². The van der Waals surface area contributed by atoms with E-state index in [2.05, 4.69) is 13.0 Å². The highest BCUT2D eigenvalue weighted by Crippen LogP contribution is 2.34. The van der Waals surface area contributed by atoms with Crippen molar-refractivity contribution in [1.29, 1.82) is 0 Å². The third-order valence-corrected chi connectivity index (χ3v) is 5.44. The maximum Gasteiger partial charge on any atom is 0.303 e. The highest BCUT2D eigenvalue weighted by molar-refractivity contribution is 5.66. The third-order valence-electron chi connectivity index (χ3n) is 5.44. The van der Waals surface area contributed by atoms with Crippen molar-refractivity contribution in [2.24, 2.45) is 5.92 Å². The Morgan fingerprint density at radius 3 is 2.70 bits per heavy atom. The minimum absolute atomic E-state index is 0.00523. The zero-order valence-corrected chi connectivity index (χ0v) is 17.7. The number of hydrogen-bond donors (Lipinski definition) is 2. The van der Waals surface area contributed by atoms with Crippen molar-refractivity contribution < 1.29 is 24.5 Å². The van der Waals surface area contributed by atoms with Gasteiger partial charge in [0, 0.05) is 6.92 Å². The first-order valence-corrected chi connectivity index (χ1v) is 10.1. The van der Waals surface area contributed by atoms with Crippen LogP contribution in [0.1, 0.15) is 73.1 Å². The molecule has 5 heteroatoms. The van der Waals surface area contributed by atoms with Crippen LogP contribution in [0.15, 0.2) is 23.3 Å². The summed E-state index contributed by atoms with van der Waals surface area (Å²) in [6.45, 7) is 10.0. The van der Waals surface area contributed by atoms with Gasteiger partial charge in [0.1, 0.15) is 11.7 Å². The molecule has 1 aliphatic heterocycles. The fraction of sp³-hybridized carbons (Fsp3) is 0.773.